The van der Waals surface area contributed by atoms with Crippen LogP contribution in [0.3, 0.4) is 0 Å². The van der Waals surface area contributed by atoms with E-state index in [2.05, 4.69) is 29.0 Å². The number of hydrogen-bond donors (Lipinski definition) is 1. The Bertz CT molecular complexity index is 632. The molecule has 2 heterocycles. The molecule has 1 aromatic carbocycles. The first-order valence-electron chi connectivity index (χ1n) is 7.04. The minimum atomic E-state index is -0.0795. The van der Waals surface area contributed by atoms with Gasteiger partial charge in [-0.05, 0) is 26.0 Å². The van der Waals surface area contributed by atoms with Crippen molar-refractivity contribution in [3.63, 3.8) is 0 Å². The van der Waals surface area contributed by atoms with Crippen LogP contribution in [-0.2, 0) is 0 Å². The number of pyridine rings is 1. The van der Waals surface area contributed by atoms with Gasteiger partial charge in [0.25, 0.3) is 5.91 Å². The molecule has 4 nitrogen and oxygen atoms in total. The molecule has 0 atom stereocenters. The van der Waals surface area contributed by atoms with Crippen molar-refractivity contribution in [3.05, 3.63) is 42.1 Å². The summed E-state index contributed by atoms with van der Waals surface area (Å²) in [5.74, 6) is -0.0795. The van der Waals surface area contributed by atoms with Gasteiger partial charge in [0.2, 0.25) is 0 Å². The fourth-order valence-electron chi connectivity index (χ4n) is 2.48. The number of nitrogens with one attached hydrogen (secondary N) is 1. The van der Waals surface area contributed by atoms with Gasteiger partial charge in [-0.2, -0.15) is 0 Å². The van der Waals surface area contributed by atoms with Gasteiger partial charge < -0.3 is 5.32 Å². The van der Waals surface area contributed by atoms with Crippen LogP contribution < -0.4 is 5.32 Å². The molecule has 2 aromatic rings. The molecule has 0 spiro atoms. The zero-order valence-corrected chi connectivity index (χ0v) is 11.8. The third-order valence-electron chi connectivity index (χ3n) is 3.81. The number of carbonyl (C=O) groups excluding carboxylic acids is 1. The molecule has 1 saturated heterocycles. The summed E-state index contributed by atoms with van der Waals surface area (Å²) >= 11 is 0. The zero-order valence-electron chi connectivity index (χ0n) is 11.8. The van der Waals surface area contributed by atoms with Gasteiger partial charge in [-0.1, -0.05) is 24.3 Å². The van der Waals surface area contributed by atoms with Gasteiger partial charge in [-0.15, -0.1) is 0 Å². The quantitative estimate of drug-likeness (QED) is 0.927. The van der Waals surface area contributed by atoms with Crippen LogP contribution in [-0.4, -0.2) is 41.0 Å². The molecule has 0 bridgehead atoms. The topological polar surface area (TPSA) is 45.2 Å². The van der Waals surface area contributed by atoms with E-state index in [0.717, 1.165) is 24.0 Å². The summed E-state index contributed by atoms with van der Waals surface area (Å²) in [5.41, 5.74) is 1.35. The van der Waals surface area contributed by atoms with Crippen molar-refractivity contribution in [1.29, 1.82) is 0 Å². The molecule has 1 aliphatic heterocycles. The van der Waals surface area contributed by atoms with Crippen LogP contribution >= 0.6 is 0 Å². The molecule has 1 aromatic heterocycles. The second-order valence-electron chi connectivity index (χ2n) is 5.61. The lowest BCUT2D eigenvalue weighted by atomic mass is 10.1. The molecular weight excluding hydrogens is 250 g/mol. The maximum atomic E-state index is 12.2. The highest BCUT2D eigenvalue weighted by Crippen LogP contribution is 2.14. The summed E-state index contributed by atoms with van der Waals surface area (Å²) in [7, 11) is 0. The standard InChI is InChI=1S/C16H19N3O/c1-11(2)19-9-13(10-19)17-16(20)15-8-7-12-5-3-4-6-14(12)18-15/h3-8,11,13H,9-10H2,1-2H3,(H,17,20). The maximum Gasteiger partial charge on any atom is 0.270 e. The van der Waals surface area contributed by atoms with E-state index in [1.807, 2.05) is 30.3 Å². The summed E-state index contributed by atoms with van der Waals surface area (Å²) in [6.45, 7) is 6.19. The Labute approximate surface area is 118 Å². The van der Waals surface area contributed by atoms with E-state index in [4.69, 9.17) is 0 Å². The molecule has 104 valence electrons. The van der Waals surface area contributed by atoms with Crippen molar-refractivity contribution >= 4 is 16.8 Å². The van der Waals surface area contributed by atoms with Gasteiger partial charge in [0.1, 0.15) is 5.69 Å². The summed E-state index contributed by atoms with van der Waals surface area (Å²) in [5, 5.41) is 4.09. The predicted molar refractivity (Wildman–Crippen MR) is 79.7 cm³/mol. The van der Waals surface area contributed by atoms with Gasteiger partial charge in [-0.3, -0.25) is 9.69 Å². The first-order chi connectivity index (χ1) is 9.63. The van der Waals surface area contributed by atoms with Crippen LogP contribution in [0.15, 0.2) is 36.4 Å². The SMILES string of the molecule is CC(C)N1CC(NC(=O)c2ccc3ccccc3n2)C1. The van der Waals surface area contributed by atoms with Crippen molar-refractivity contribution in [3.8, 4) is 0 Å². The monoisotopic (exact) mass is 269 g/mol. The molecule has 0 saturated carbocycles. The molecule has 1 aliphatic rings. The van der Waals surface area contributed by atoms with Crippen LogP contribution in [0.2, 0.25) is 0 Å². The van der Waals surface area contributed by atoms with Crippen LogP contribution in [0.25, 0.3) is 10.9 Å². The van der Waals surface area contributed by atoms with Gasteiger partial charge in [0.15, 0.2) is 0 Å². The Kier molecular flexibility index (Phi) is 3.40. The number of carbonyl (C=O) groups is 1. The number of aromatic nitrogens is 1. The zero-order chi connectivity index (χ0) is 14.1. The van der Waals surface area contributed by atoms with Gasteiger partial charge >= 0.3 is 0 Å². The third kappa shape index (κ3) is 2.51. The highest BCUT2D eigenvalue weighted by atomic mass is 16.2. The largest absolute Gasteiger partial charge is 0.345 e. The van der Waals surface area contributed by atoms with Crippen molar-refractivity contribution in [1.82, 2.24) is 15.2 Å². The van der Waals surface area contributed by atoms with Gasteiger partial charge in [-0.25, -0.2) is 4.98 Å². The Morgan fingerprint density at radius 2 is 2.00 bits per heavy atom. The second-order valence-corrected chi connectivity index (χ2v) is 5.61. The Balaban J connectivity index is 1.67. The van der Waals surface area contributed by atoms with E-state index in [0.29, 0.717) is 11.7 Å². The molecular formula is C16H19N3O. The number of likely N-dealkylation sites (tertiary alicyclic amines) is 1. The fourth-order valence-corrected chi connectivity index (χ4v) is 2.48. The molecule has 0 radical (unpaired) electrons. The van der Waals surface area contributed by atoms with Crippen LogP contribution in [0, 0.1) is 0 Å². The number of nitrogens with zero attached hydrogens (tertiary/aromatic N) is 2. The van der Waals surface area contributed by atoms with E-state index in [-0.39, 0.29) is 11.9 Å². The lowest BCUT2D eigenvalue weighted by molar-refractivity contribution is 0.0710. The number of para-hydroxylation sites is 1. The molecule has 0 unspecified atom stereocenters. The van der Waals surface area contributed by atoms with Crippen molar-refractivity contribution in [2.24, 2.45) is 0 Å². The minimum Gasteiger partial charge on any atom is -0.345 e. The molecule has 4 heteroatoms. The van der Waals surface area contributed by atoms with Gasteiger partial charge in [0.05, 0.1) is 11.6 Å². The Hall–Kier alpha value is -1.94. The van der Waals surface area contributed by atoms with E-state index in [9.17, 15) is 4.79 Å². The number of hydrogen-bond acceptors (Lipinski definition) is 3. The van der Waals surface area contributed by atoms with Crippen molar-refractivity contribution in [2.75, 3.05) is 13.1 Å². The smallest absolute Gasteiger partial charge is 0.270 e. The maximum absolute atomic E-state index is 12.2. The average molecular weight is 269 g/mol. The van der Waals surface area contributed by atoms with Crippen LogP contribution in [0.5, 0.6) is 0 Å². The molecule has 3 rings (SSSR count). The minimum absolute atomic E-state index is 0.0795. The molecule has 0 aliphatic carbocycles. The first kappa shape index (κ1) is 13.1. The lowest BCUT2D eigenvalue weighted by Gasteiger charge is -2.42. The molecule has 20 heavy (non-hydrogen) atoms. The van der Waals surface area contributed by atoms with Crippen molar-refractivity contribution in [2.45, 2.75) is 25.9 Å². The summed E-state index contributed by atoms with van der Waals surface area (Å²) in [4.78, 5) is 18.9. The van der Waals surface area contributed by atoms with Gasteiger partial charge in [0, 0.05) is 24.5 Å². The summed E-state index contributed by atoms with van der Waals surface area (Å²) in [6.07, 6.45) is 0. The Morgan fingerprint density at radius 3 is 2.75 bits per heavy atom. The number of benzene rings is 1. The first-order valence-corrected chi connectivity index (χ1v) is 7.04. The highest BCUT2D eigenvalue weighted by Gasteiger charge is 2.29. The average Bonchev–Trinajstić information content (AvgIpc) is 2.41. The predicted octanol–water partition coefficient (Wildman–Crippen LogP) is 2.06. The van der Waals surface area contributed by atoms with E-state index < -0.39 is 0 Å². The molecule has 1 fully saturated rings. The molecule has 1 amide bonds. The summed E-state index contributed by atoms with van der Waals surface area (Å²) < 4.78 is 0. The second kappa shape index (κ2) is 5.21. The lowest BCUT2D eigenvalue weighted by Crippen LogP contribution is -2.61. The van der Waals surface area contributed by atoms with Crippen LogP contribution in [0.1, 0.15) is 24.3 Å². The number of fused-ring (bicyclic) bond motifs is 1. The van der Waals surface area contributed by atoms with E-state index in [1.165, 1.54) is 0 Å². The van der Waals surface area contributed by atoms with E-state index >= 15 is 0 Å². The number of rotatable bonds is 3. The Morgan fingerprint density at radius 1 is 1.25 bits per heavy atom. The highest BCUT2D eigenvalue weighted by molar-refractivity contribution is 5.95. The number of amides is 1. The van der Waals surface area contributed by atoms with E-state index in [1.54, 1.807) is 6.07 Å². The normalized spacial score (nSPS) is 16.4. The van der Waals surface area contributed by atoms with Crippen molar-refractivity contribution < 1.29 is 4.79 Å². The summed E-state index contributed by atoms with van der Waals surface area (Å²) in [6, 6.07) is 12.4. The third-order valence-corrected chi connectivity index (χ3v) is 3.81. The fraction of sp³-hybridized carbons (Fsp3) is 0.375. The van der Waals surface area contributed by atoms with Crippen LogP contribution in [0.4, 0.5) is 0 Å². The molecule has 1 N–H and O–H groups in total.